The van der Waals surface area contributed by atoms with Crippen LogP contribution in [0.2, 0.25) is 0 Å². The highest BCUT2D eigenvalue weighted by molar-refractivity contribution is 7.91. The molecule has 2 rings (SSSR count). The predicted octanol–water partition coefficient (Wildman–Crippen LogP) is 2.30. The van der Waals surface area contributed by atoms with Gasteiger partial charge in [-0.05, 0) is 37.3 Å². The standard InChI is InChI=1S/C14H13NO3S/c1-10(16)11-5-7-13(8-6-11)19(17,18)14-4-2-3-12(15)9-14/h2-9H,15H2,1H3. The number of anilines is 1. The van der Waals surface area contributed by atoms with Crippen molar-refractivity contribution in [1.82, 2.24) is 0 Å². The second-order valence-electron chi connectivity index (χ2n) is 4.16. The van der Waals surface area contributed by atoms with Crippen molar-refractivity contribution in [3.05, 3.63) is 54.1 Å². The van der Waals surface area contributed by atoms with Crippen LogP contribution >= 0.6 is 0 Å². The summed E-state index contributed by atoms with van der Waals surface area (Å²) in [5.74, 6) is -0.104. The van der Waals surface area contributed by atoms with E-state index >= 15 is 0 Å². The van der Waals surface area contributed by atoms with Gasteiger partial charge in [-0.1, -0.05) is 18.2 Å². The van der Waals surface area contributed by atoms with Crippen LogP contribution in [0.3, 0.4) is 0 Å². The molecule has 0 amide bonds. The monoisotopic (exact) mass is 275 g/mol. The molecule has 0 aliphatic rings. The van der Waals surface area contributed by atoms with Crippen LogP contribution in [0.1, 0.15) is 17.3 Å². The van der Waals surface area contributed by atoms with E-state index in [0.717, 1.165) is 0 Å². The van der Waals surface area contributed by atoms with Crippen molar-refractivity contribution in [1.29, 1.82) is 0 Å². The van der Waals surface area contributed by atoms with E-state index in [-0.39, 0.29) is 15.6 Å². The molecule has 5 heteroatoms. The Morgan fingerprint density at radius 3 is 2.16 bits per heavy atom. The minimum atomic E-state index is -3.60. The summed E-state index contributed by atoms with van der Waals surface area (Å²) in [5.41, 5.74) is 6.46. The van der Waals surface area contributed by atoms with E-state index in [1.807, 2.05) is 0 Å². The highest BCUT2D eigenvalue weighted by atomic mass is 32.2. The van der Waals surface area contributed by atoms with E-state index in [0.29, 0.717) is 11.3 Å². The second-order valence-corrected chi connectivity index (χ2v) is 6.11. The smallest absolute Gasteiger partial charge is 0.206 e. The third-order valence-corrected chi connectivity index (χ3v) is 4.51. The van der Waals surface area contributed by atoms with Gasteiger partial charge in [0, 0.05) is 11.3 Å². The molecule has 2 N–H and O–H groups in total. The lowest BCUT2D eigenvalue weighted by atomic mass is 10.2. The third kappa shape index (κ3) is 2.66. The fraction of sp³-hybridized carbons (Fsp3) is 0.0714. The normalized spacial score (nSPS) is 11.2. The van der Waals surface area contributed by atoms with Crippen molar-refractivity contribution >= 4 is 21.3 Å². The fourth-order valence-electron chi connectivity index (χ4n) is 1.69. The first-order valence-electron chi connectivity index (χ1n) is 5.63. The SMILES string of the molecule is CC(=O)c1ccc(S(=O)(=O)c2cccc(N)c2)cc1. The summed E-state index contributed by atoms with van der Waals surface area (Å²) >= 11 is 0. The van der Waals surface area contributed by atoms with Gasteiger partial charge in [0.05, 0.1) is 9.79 Å². The Balaban J connectivity index is 2.48. The Morgan fingerprint density at radius 1 is 1.00 bits per heavy atom. The molecule has 0 aliphatic carbocycles. The predicted molar refractivity (Wildman–Crippen MR) is 72.8 cm³/mol. The van der Waals surface area contributed by atoms with Crippen LogP contribution in [0.25, 0.3) is 0 Å². The second kappa shape index (κ2) is 4.85. The number of nitrogens with two attached hydrogens (primary N) is 1. The van der Waals surface area contributed by atoms with Gasteiger partial charge in [-0.3, -0.25) is 4.79 Å². The third-order valence-electron chi connectivity index (χ3n) is 2.74. The van der Waals surface area contributed by atoms with Gasteiger partial charge in [0.1, 0.15) is 0 Å². The number of hydrogen-bond donors (Lipinski definition) is 1. The number of ketones is 1. The van der Waals surface area contributed by atoms with Crippen molar-refractivity contribution in [2.24, 2.45) is 0 Å². The molecule has 19 heavy (non-hydrogen) atoms. The highest BCUT2D eigenvalue weighted by Crippen LogP contribution is 2.22. The van der Waals surface area contributed by atoms with Crippen LogP contribution in [-0.4, -0.2) is 14.2 Å². The summed E-state index contributed by atoms with van der Waals surface area (Å²) in [6.07, 6.45) is 0. The van der Waals surface area contributed by atoms with Crippen molar-refractivity contribution in [2.75, 3.05) is 5.73 Å². The average Bonchev–Trinajstić information content (AvgIpc) is 2.39. The molecule has 0 fully saturated rings. The number of sulfone groups is 1. The number of benzene rings is 2. The molecule has 0 heterocycles. The number of carbonyl (C=O) groups is 1. The molecule has 0 aliphatic heterocycles. The number of rotatable bonds is 3. The molecule has 0 saturated heterocycles. The van der Waals surface area contributed by atoms with E-state index in [4.69, 9.17) is 5.73 Å². The molecule has 0 bridgehead atoms. The van der Waals surface area contributed by atoms with Crippen molar-refractivity contribution in [3.63, 3.8) is 0 Å². The summed E-state index contributed by atoms with van der Waals surface area (Å²) in [6, 6.07) is 12.0. The summed E-state index contributed by atoms with van der Waals surface area (Å²) in [6.45, 7) is 1.43. The molecule has 0 atom stereocenters. The lowest BCUT2D eigenvalue weighted by Gasteiger charge is -2.06. The first-order chi connectivity index (χ1) is 8.91. The van der Waals surface area contributed by atoms with Gasteiger partial charge in [-0.25, -0.2) is 8.42 Å². The van der Waals surface area contributed by atoms with Gasteiger partial charge >= 0.3 is 0 Å². The molecule has 98 valence electrons. The van der Waals surface area contributed by atoms with E-state index in [9.17, 15) is 13.2 Å². The van der Waals surface area contributed by atoms with Gasteiger partial charge in [0.25, 0.3) is 0 Å². The molecule has 2 aromatic rings. The Kier molecular flexibility index (Phi) is 3.40. The van der Waals surface area contributed by atoms with Crippen LogP contribution in [0, 0.1) is 0 Å². The minimum Gasteiger partial charge on any atom is -0.399 e. The molecule has 4 nitrogen and oxygen atoms in total. The first kappa shape index (κ1) is 13.3. The average molecular weight is 275 g/mol. The zero-order valence-electron chi connectivity index (χ0n) is 10.3. The van der Waals surface area contributed by atoms with Gasteiger partial charge in [-0.2, -0.15) is 0 Å². The lowest BCUT2D eigenvalue weighted by Crippen LogP contribution is -2.03. The van der Waals surface area contributed by atoms with Gasteiger partial charge in [-0.15, -0.1) is 0 Å². The minimum absolute atomic E-state index is 0.104. The van der Waals surface area contributed by atoms with Crippen molar-refractivity contribution in [2.45, 2.75) is 16.7 Å². The highest BCUT2D eigenvalue weighted by Gasteiger charge is 2.17. The number of hydrogen-bond acceptors (Lipinski definition) is 4. The number of nitrogen functional groups attached to an aromatic ring is 1. The Labute approximate surface area is 111 Å². The maximum atomic E-state index is 12.3. The van der Waals surface area contributed by atoms with E-state index in [1.165, 1.54) is 43.3 Å². The molecule has 2 aromatic carbocycles. The molecule has 0 saturated carbocycles. The Morgan fingerprint density at radius 2 is 1.63 bits per heavy atom. The molecule has 0 spiro atoms. The first-order valence-corrected chi connectivity index (χ1v) is 7.11. The molecule has 0 unspecified atom stereocenters. The van der Waals surface area contributed by atoms with E-state index in [2.05, 4.69) is 0 Å². The quantitative estimate of drug-likeness (QED) is 0.688. The van der Waals surface area contributed by atoms with Crippen LogP contribution in [0.15, 0.2) is 58.3 Å². The number of carbonyl (C=O) groups excluding carboxylic acids is 1. The molecule has 0 aromatic heterocycles. The van der Waals surface area contributed by atoms with Crippen LogP contribution in [0.4, 0.5) is 5.69 Å². The molecule has 0 radical (unpaired) electrons. The van der Waals surface area contributed by atoms with Crippen molar-refractivity contribution < 1.29 is 13.2 Å². The number of Topliss-reactive ketones (excluding diaryl/α,β-unsaturated/α-hetero) is 1. The Bertz CT molecular complexity index is 719. The summed E-state index contributed by atoms with van der Waals surface area (Å²) in [4.78, 5) is 11.4. The van der Waals surface area contributed by atoms with Crippen LogP contribution in [-0.2, 0) is 9.84 Å². The fourth-order valence-corrected chi connectivity index (χ4v) is 3.00. The van der Waals surface area contributed by atoms with Crippen LogP contribution < -0.4 is 5.73 Å². The van der Waals surface area contributed by atoms with Gasteiger partial charge in [0.15, 0.2) is 5.78 Å². The maximum absolute atomic E-state index is 12.3. The zero-order valence-corrected chi connectivity index (χ0v) is 11.1. The zero-order chi connectivity index (χ0) is 14.0. The lowest BCUT2D eigenvalue weighted by molar-refractivity contribution is 0.101. The van der Waals surface area contributed by atoms with E-state index < -0.39 is 9.84 Å². The molecular formula is C14H13NO3S. The van der Waals surface area contributed by atoms with E-state index in [1.54, 1.807) is 12.1 Å². The largest absolute Gasteiger partial charge is 0.399 e. The van der Waals surface area contributed by atoms with Gasteiger partial charge < -0.3 is 5.73 Å². The molecular weight excluding hydrogens is 262 g/mol. The topological polar surface area (TPSA) is 77.2 Å². The summed E-state index contributed by atoms with van der Waals surface area (Å²) in [7, 11) is -3.60. The van der Waals surface area contributed by atoms with Crippen molar-refractivity contribution in [3.8, 4) is 0 Å². The van der Waals surface area contributed by atoms with Gasteiger partial charge in [0.2, 0.25) is 9.84 Å². The summed E-state index contributed by atoms with van der Waals surface area (Å²) < 4.78 is 24.7. The maximum Gasteiger partial charge on any atom is 0.206 e. The van der Waals surface area contributed by atoms with Crippen LogP contribution in [0.5, 0.6) is 0 Å². The Hall–Kier alpha value is -2.14. The summed E-state index contributed by atoms with van der Waals surface area (Å²) in [5, 5.41) is 0.